The van der Waals surface area contributed by atoms with Crippen LogP contribution in [0.25, 0.3) is 6.08 Å². The minimum absolute atomic E-state index is 0.329. The van der Waals surface area contributed by atoms with Gasteiger partial charge in [0.1, 0.15) is 11.5 Å². The number of nitrogens with one attached hydrogen (secondary N) is 1. The molecule has 1 N–H and O–H groups in total. The lowest BCUT2D eigenvalue weighted by molar-refractivity contribution is -0.111. The van der Waals surface area contributed by atoms with Crippen molar-refractivity contribution in [2.45, 2.75) is 0 Å². The number of anilines is 1. The topological polar surface area (TPSA) is 47.6 Å². The smallest absolute Gasteiger partial charge is 0.248 e. The van der Waals surface area contributed by atoms with Gasteiger partial charge in [-0.2, -0.15) is 0 Å². The van der Waals surface area contributed by atoms with E-state index in [1.807, 2.05) is 18.2 Å². The van der Waals surface area contributed by atoms with E-state index in [9.17, 15) is 4.79 Å². The van der Waals surface area contributed by atoms with Crippen molar-refractivity contribution in [3.63, 3.8) is 0 Å². The number of benzene rings is 2. The van der Waals surface area contributed by atoms with E-state index >= 15 is 0 Å². The van der Waals surface area contributed by atoms with Crippen LogP contribution >= 0.6 is 23.2 Å². The number of carbonyl (C=O) groups excluding carboxylic acids is 1. The monoisotopic (exact) mass is 351 g/mol. The molecule has 0 heterocycles. The van der Waals surface area contributed by atoms with Crippen molar-refractivity contribution in [1.82, 2.24) is 0 Å². The third-order valence-electron chi connectivity index (χ3n) is 3.05. The van der Waals surface area contributed by atoms with Gasteiger partial charge in [0.05, 0.1) is 24.9 Å². The lowest BCUT2D eigenvalue weighted by atomic mass is 10.2. The van der Waals surface area contributed by atoms with E-state index in [1.54, 1.807) is 24.3 Å². The van der Waals surface area contributed by atoms with Crippen LogP contribution in [0, 0.1) is 0 Å². The van der Waals surface area contributed by atoms with Crippen LogP contribution in [0.15, 0.2) is 42.5 Å². The Balaban J connectivity index is 2.17. The molecule has 2 aromatic rings. The van der Waals surface area contributed by atoms with Crippen LogP contribution < -0.4 is 14.8 Å². The van der Waals surface area contributed by atoms with Gasteiger partial charge in [-0.3, -0.25) is 4.79 Å². The van der Waals surface area contributed by atoms with E-state index in [4.69, 9.17) is 32.7 Å². The van der Waals surface area contributed by atoms with Crippen molar-refractivity contribution in [3.05, 3.63) is 58.1 Å². The molecule has 0 bridgehead atoms. The third kappa shape index (κ3) is 4.41. The van der Waals surface area contributed by atoms with E-state index in [0.29, 0.717) is 27.2 Å². The van der Waals surface area contributed by atoms with Gasteiger partial charge >= 0.3 is 0 Å². The molecule has 0 fully saturated rings. The minimum Gasteiger partial charge on any atom is -0.495 e. The summed E-state index contributed by atoms with van der Waals surface area (Å²) in [6, 6.07) is 10.4. The predicted molar refractivity (Wildman–Crippen MR) is 93.7 cm³/mol. The summed E-state index contributed by atoms with van der Waals surface area (Å²) < 4.78 is 10.3. The van der Waals surface area contributed by atoms with E-state index in [1.165, 1.54) is 20.3 Å². The first-order valence-electron chi connectivity index (χ1n) is 6.70. The molecule has 6 heteroatoms. The molecule has 0 saturated heterocycles. The summed E-state index contributed by atoms with van der Waals surface area (Å²) in [5.41, 5.74) is 1.20. The zero-order valence-electron chi connectivity index (χ0n) is 12.6. The number of hydrogen-bond acceptors (Lipinski definition) is 3. The molecule has 0 unspecified atom stereocenters. The summed E-state index contributed by atoms with van der Waals surface area (Å²) in [7, 11) is 3.00. The van der Waals surface area contributed by atoms with Crippen molar-refractivity contribution >= 4 is 40.9 Å². The SMILES string of the molecule is COc1cc(OC)c(NC(=O)/C=C/c2ccccc2Cl)cc1Cl. The average Bonchev–Trinajstić information content (AvgIpc) is 2.54. The van der Waals surface area contributed by atoms with Crippen LogP contribution in [0.5, 0.6) is 11.5 Å². The Kier molecular flexibility index (Phi) is 5.90. The van der Waals surface area contributed by atoms with Gasteiger partial charge in [-0.05, 0) is 23.8 Å². The molecule has 0 aliphatic rings. The Hall–Kier alpha value is -2.17. The van der Waals surface area contributed by atoms with Crippen LogP contribution in [-0.2, 0) is 4.79 Å². The van der Waals surface area contributed by atoms with Crippen molar-refractivity contribution in [2.24, 2.45) is 0 Å². The number of methoxy groups -OCH3 is 2. The average molecular weight is 352 g/mol. The summed E-state index contributed by atoms with van der Waals surface area (Å²) in [5, 5.41) is 3.65. The van der Waals surface area contributed by atoms with Gasteiger partial charge < -0.3 is 14.8 Å². The zero-order valence-corrected chi connectivity index (χ0v) is 14.1. The first-order valence-corrected chi connectivity index (χ1v) is 7.46. The van der Waals surface area contributed by atoms with Crippen LogP contribution in [-0.4, -0.2) is 20.1 Å². The molecule has 0 atom stereocenters. The van der Waals surface area contributed by atoms with Gasteiger partial charge in [0.15, 0.2) is 0 Å². The molecule has 0 aromatic heterocycles. The van der Waals surface area contributed by atoms with Gasteiger partial charge in [0.25, 0.3) is 0 Å². The standard InChI is InChI=1S/C17H15Cl2NO3/c1-22-15-10-16(23-2)14(9-13(15)19)20-17(21)8-7-11-5-3-4-6-12(11)18/h3-10H,1-2H3,(H,20,21)/b8-7+. The molecule has 0 aliphatic carbocycles. The van der Waals surface area contributed by atoms with Crippen LogP contribution in [0.4, 0.5) is 5.69 Å². The second-order valence-electron chi connectivity index (χ2n) is 4.53. The van der Waals surface area contributed by atoms with E-state index in [2.05, 4.69) is 5.32 Å². The maximum atomic E-state index is 12.1. The van der Waals surface area contributed by atoms with E-state index in [0.717, 1.165) is 5.56 Å². The summed E-state index contributed by atoms with van der Waals surface area (Å²) in [6.45, 7) is 0. The van der Waals surface area contributed by atoms with Gasteiger partial charge in [0, 0.05) is 17.2 Å². The van der Waals surface area contributed by atoms with Gasteiger partial charge in [-0.25, -0.2) is 0 Å². The molecule has 0 saturated carbocycles. The number of amides is 1. The Labute approximate surface area is 144 Å². The highest BCUT2D eigenvalue weighted by Crippen LogP contribution is 2.35. The molecule has 2 rings (SSSR count). The van der Waals surface area contributed by atoms with E-state index in [-0.39, 0.29) is 5.91 Å². The van der Waals surface area contributed by atoms with Crippen molar-refractivity contribution in [3.8, 4) is 11.5 Å². The number of hydrogen-bond donors (Lipinski definition) is 1. The second-order valence-corrected chi connectivity index (χ2v) is 5.35. The first-order chi connectivity index (χ1) is 11.0. The maximum Gasteiger partial charge on any atom is 0.248 e. The van der Waals surface area contributed by atoms with Crippen LogP contribution in [0.2, 0.25) is 10.0 Å². The number of ether oxygens (including phenoxy) is 2. The molecular weight excluding hydrogens is 337 g/mol. The number of carbonyl (C=O) groups is 1. The largest absolute Gasteiger partial charge is 0.495 e. The first kappa shape index (κ1) is 17.2. The fourth-order valence-electron chi connectivity index (χ4n) is 1.91. The third-order valence-corrected chi connectivity index (χ3v) is 3.69. The van der Waals surface area contributed by atoms with Gasteiger partial charge in [0.2, 0.25) is 5.91 Å². The summed E-state index contributed by atoms with van der Waals surface area (Å²) in [4.78, 5) is 12.1. The van der Waals surface area contributed by atoms with Crippen molar-refractivity contribution in [1.29, 1.82) is 0 Å². The predicted octanol–water partition coefficient (Wildman–Crippen LogP) is 4.66. The Morgan fingerprint density at radius 2 is 1.74 bits per heavy atom. The lowest BCUT2D eigenvalue weighted by Gasteiger charge is -2.12. The van der Waals surface area contributed by atoms with Crippen LogP contribution in [0.1, 0.15) is 5.56 Å². The molecule has 2 aromatic carbocycles. The summed E-state index contributed by atoms with van der Waals surface area (Å²) in [6.07, 6.45) is 3.02. The highest BCUT2D eigenvalue weighted by Gasteiger charge is 2.11. The minimum atomic E-state index is -0.329. The molecule has 4 nitrogen and oxygen atoms in total. The number of rotatable bonds is 5. The quantitative estimate of drug-likeness (QED) is 0.796. The fraction of sp³-hybridized carbons (Fsp3) is 0.118. The van der Waals surface area contributed by atoms with E-state index < -0.39 is 0 Å². The highest BCUT2D eigenvalue weighted by atomic mass is 35.5. The van der Waals surface area contributed by atoms with Crippen molar-refractivity contribution < 1.29 is 14.3 Å². The fourth-order valence-corrected chi connectivity index (χ4v) is 2.35. The molecule has 0 spiro atoms. The van der Waals surface area contributed by atoms with Crippen molar-refractivity contribution in [2.75, 3.05) is 19.5 Å². The maximum absolute atomic E-state index is 12.1. The Morgan fingerprint density at radius 3 is 2.39 bits per heavy atom. The Bertz CT molecular complexity index is 745. The lowest BCUT2D eigenvalue weighted by Crippen LogP contribution is -2.09. The molecule has 1 amide bonds. The Morgan fingerprint density at radius 1 is 1.04 bits per heavy atom. The molecule has 23 heavy (non-hydrogen) atoms. The van der Waals surface area contributed by atoms with Gasteiger partial charge in [-0.15, -0.1) is 0 Å². The summed E-state index contributed by atoms with van der Waals surface area (Å²) in [5.74, 6) is 0.586. The molecule has 0 aliphatic heterocycles. The normalized spacial score (nSPS) is 10.6. The molecule has 0 radical (unpaired) electrons. The summed E-state index contributed by atoms with van der Waals surface area (Å²) >= 11 is 12.1. The van der Waals surface area contributed by atoms with Gasteiger partial charge in [-0.1, -0.05) is 41.4 Å². The zero-order chi connectivity index (χ0) is 16.8. The molecule has 120 valence electrons. The number of halogens is 2. The molecular formula is C17H15Cl2NO3. The van der Waals surface area contributed by atoms with Crippen LogP contribution in [0.3, 0.4) is 0 Å². The second kappa shape index (κ2) is 7.90. The highest BCUT2D eigenvalue weighted by molar-refractivity contribution is 6.32.